The molecule has 1 aromatic rings. The average molecular weight is 298 g/mol. The molecule has 1 fully saturated rings. The van der Waals surface area contributed by atoms with E-state index < -0.39 is 10.0 Å². The summed E-state index contributed by atoms with van der Waals surface area (Å²) < 4.78 is 26.8. The molecule has 0 spiro atoms. The number of aryl methyl sites for hydroxylation is 1. The predicted octanol–water partition coefficient (Wildman–Crippen LogP) is 2.04. The Balaban J connectivity index is 2.08. The van der Waals surface area contributed by atoms with Gasteiger partial charge in [0.15, 0.2) is 5.11 Å². The number of hydrogen-bond acceptors (Lipinski definition) is 3. The van der Waals surface area contributed by atoms with Crippen LogP contribution in [0.1, 0.15) is 24.8 Å². The Hall–Kier alpha value is -1.14. The Morgan fingerprint density at radius 1 is 1.16 bits per heavy atom. The lowest BCUT2D eigenvalue weighted by atomic mass is 10.1. The van der Waals surface area contributed by atoms with Crippen LogP contribution < -0.4 is 4.72 Å². The van der Waals surface area contributed by atoms with Crippen molar-refractivity contribution >= 4 is 27.4 Å². The molecule has 0 unspecified atom stereocenters. The number of nitrogens with zero attached hydrogens (tertiary/aromatic N) is 1. The van der Waals surface area contributed by atoms with Crippen LogP contribution in [0.5, 0.6) is 0 Å². The molecule has 1 saturated heterocycles. The molecule has 1 heterocycles. The normalized spacial score (nSPS) is 16.2. The van der Waals surface area contributed by atoms with E-state index in [2.05, 4.69) is 4.72 Å². The van der Waals surface area contributed by atoms with Gasteiger partial charge in [-0.05, 0) is 50.5 Å². The fourth-order valence-corrected chi connectivity index (χ4v) is 3.54. The topological polar surface area (TPSA) is 49.4 Å². The molecule has 19 heavy (non-hydrogen) atoms. The summed E-state index contributed by atoms with van der Waals surface area (Å²) in [7, 11) is -3.56. The van der Waals surface area contributed by atoms with Crippen LogP contribution in [0.3, 0.4) is 0 Å². The number of benzene rings is 1. The van der Waals surface area contributed by atoms with Gasteiger partial charge >= 0.3 is 0 Å². The smallest absolute Gasteiger partial charge is 0.263 e. The van der Waals surface area contributed by atoms with Crippen molar-refractivity contribution in [2.45, 2.75) is 31.1 Å². The molecule has 6 heteroatoms. The minimum atomic E-state index is -3.56. The van der Waals surface area contributed by atoms with Crippen molar-refractivity contribution in [1.29, 1.82) is 0 Å². The van der Waals surface area contributed by atoms with Gasteiger partial charge < -0.3 is 4.90 Å². The van der Waals surface area contributed by atoms with E-state index >= 15 is 0 Å². The Labute approximate surface area is 119 Å². The van der Waals surface area contributed by atoms with E-state index in [-0.39, 0.29) is 4.90 Å². The summed E-state index contributed by atoms with van der Waals surface area (Å²) in [5, 5.41) is 0.306. The third-order valence-electron chi connectivity index (χ3n) is 3.20. The van der Waals surface area contributed by atoms with Gasteiger partial charge in [-0.1, -0.05) is 17.7 Å². The van der Waals surface area contributed by atoms with Gasteiger partial charge in [0.25, 0.3) is 10.0 Å². The van der Waals surface area contributed by atoms with Gasteiger partial charge in [-0.3, -0.25) is 4.72 Å². The molecule has 0 saturated carbocycles. The quantitative estimate of drug-likeness (QED) is 0.849. The van der Waals surface area contributed by atoms with Crippen LogP contribution >= 0.6 is 12.2 Å². The molecule has 2 rings (SSSR count). The van der Waals surface area contributed by atoms with Gasteiger partial charge in [-0.2, -0.15) is 0 Å². The molecule has 0 radical (unpaired) electrons. The molecule has 0 aliphatic carbocycles. The van der Waals surface area contributed by atoms with Gasteiger partial charge in [0.05, 0.1) is 4.90 Å². The van der Waals surface area contributed by atoms with Crippen LogP contribution in [0, 0.1) is 6.92 Å². The first-order valence-corrected chi connectivity index (χ1v) is 8.26. The molecule has 0 atom stereocenters. The number of nitrogens with one attached hydrogen (secondary N) is 1. The van der Waals surface area contributed by atoms with Crippen molar-refractivity contribution in [2.24, 2.45) is 0 Å². The van der Waals surface area contributed by atoms with Crippen molar-refractivity contribution in [1.82, 2.24) is 9.62 Å². The lowest BCUT2D eigenvalue weighted by molar-refractivity contribution is 0.342. The predicted molar refractivity (Wildman–Crippen MR) is 79.5 cm³/mol. The Kier molecular flexibility index (Phi) is 4.42. The monoisotopic (exact) mass is 298 g/mol. The summed E-state index contributed by atoms with van der Waals surface area (Å²) in [4.78, 5) is 2.17. The number of rotatable bonds is 2. The van der Waals surface area contributed by atoms with Gasteiger partial charge in [0.1, 0.15) is 0 Å². The van der Waals surface area contributed by atoms with Crippen molar-refractivity contribution in [3.05, 3.63) is 29.8 Å². The van der Waals surface area contributed by atoms with Gasteiger partial charge in [-0.25, -0.2) is 8.42 Å². The molecule has 0 bridgehead atoms. The highest BCUT2D eigenvalue weighted by Gasteiger charge is 2.20. The molecule has 1 aliphatic heterocycles. The first-order chi connectivity index (χ1) is 8.99. The fourth-order valence-electron chi connectivity index (χ4n) is 2.05. The number of sulfonamides is 1. The van der Waals surface area contributed by atoms with Crippen LogP contribution in [-0.4, -0.2) is 31.5 Å². The third-order valence-corrected chi connectivity index (χ3v) is 5.04. The summed E-state index contributed by atoms with van der Waals surface area (Å²) in [6.07, 6.45) is 3.31. The molecule has 1 N–H and O–H groups in total. The molecule has 1 aliphatic rings. The SMILES string of the molecule is Cc1ccc(S(=O)(=O)NC(=S)N2CCCCC2)cc1. The highest BCUT2D eigenvalue weighted by Crippen LogP contribution is 2.12. The zero-order valence-corrected chi connectivity index (χ0v) is 12.6. The minimum absolute atomic E-state index is 0.248. The summed E-state index contributed by atoms with van der Waals surface area (Å²) in [6.45, 7) is 3.58. The van der Waals surface area contributed by atoms with Crippen LogP contribution in [0.2, 0.25) is 0 Å². The van der Waals surface area contributed by atoms with Crippen LogP contribution in [0.25, 0.3) is 0 Å². The van der Waals surface area contributed by atoms with Crippen LogP contribution in [-0.2, 0) is 10.0 Å². The van der Waals surface area contributed by atoms with Crippen LogP contribution in [0.4, 0.5) is 0 Å². The highest BCUT2D eigenvalue weighted by molar-refractivity contribution is 7.91. The molecule has 1 aromatic carbocycles. The van der Waals surface area contributed by atoms with E-state index in [9.17, 15) is 8.42 Å². The highest BCUT2D eigenvalue weighted by atomic mass is 32.2. The van der Waals surface area contributed by atoms with E-state index in [0.29, 0.717) is 5.11 Å². The maximum absolute atomic E-state index is 12.2. The molecular weight excluding hydrogens is 280 g/mol. The second-order valence-electron chi connectivity index (χ2n) is 4.77. The molecular formula is C13H18N2O2S2. The lowest BCUT2D eigenvalue weighted by Crippen LogP contribution is -2.44. The maximum Gasteiger partial charge on any atom is 0.263 e. The van der Waals surface area contributed by atoms with E-state index in [1.807, 2.05) is 11.8 Å². The standard InChI is InChI=1S/C13H18N2O2S2/c1-11-5-7-12(8-6-11)19(16,17)14-13(18)15-9-3-2-4-10-15/h5-8H,2-4,9-10H2,1H3,(H,14,18). The largest absolute Gasteiger partial charge is 0.349 e. The number of piperidine rings is 1. The molecule has 4 nitrogen and oxygen atoms in total. The van der Waals surface area contributed by atoms with E-state index in [4.69, 9.17) is 12.2 Å². The van der Waals surface area contributed by atoms with E-state index in [1.54, 1.807) is 24.3 Å². The lowest BCUT2D eigenvalue weighted by Gasteiger charge is -2.29. The number of likely N-dealkylation sites (tertiary alicyclic amines) is 1. The van der Waals surface area contributed by atoms with Crippen molar-refractivity contribution in [3.8, 4) is 0 Å². The zero-order chi connectivity index (χ0) is 13.9. The van der Waals surface area contributed by atoms with Crippen molar-refractivity contribution in [3.63, 3.8) is 0 Å². The minimum Gasteiger partial charge on any atom is -0.349 e. The van der Waals surface area contributed by atoms with Gasteiger partial charge in [0.2, 0.25) is 0 Å². The maximum atomic E-state index is 12.2. The van der Waals surface area contributed by atoms with Gasteiger partial charge in [0, 0.05) is 13.1 Å². The first kappa shape index (κ1) is 14.3. The fraction of sp³-hybridized carbons (Fsp3) is 0.462. The molecule has 0 aromatic heterocycles. The summed E-state index contributed by atoms with van der Waals surface area (Å²) >= 11 is 5.18. The number of thiocarbonyl (C=S) groups is 1. The molecule has 0 amide bonds. The van der Waals surface area contributed by atoms with E-state index in [1.165, 1.54) is 6.42 Å². The third kappa shape index (κ3) is 3.67. The first-order valence-electron chi connectivity index (χ1n) is 6.37. The second kappa shape index (κ2) is 5.88. The average Bonchev–Trinajstić information content (AvgIpc) is 2.40. The summed E-state index contributed by atoms with van der Waals surface area (Å²) in [5.74, 6) is 0. The summed E-state index contributed by atoms with van der Waals surface area (Å²) in [6, 6.07) is 6.74. The van der Waals surface area contributed by atoms with Crippen molar-refractivity contribution in [2.75, 3.05) is 13.1 Å². The Bertz CT molecular complexity index is 547. The van der Waals surface area contributed by atoms with Gasteiger partial charge in [-0.15, -0.1) is 0 Å². The zero-order valence-electron chi connectivity index (χ0n) is 10.9. The summed E-state index contributed by atoms with van der Waals surface area (Å²) in [5.41, 5.74) is 1.03. The Morgan fingerprint density at radius 2 is 1.74 bits per heavy atom. The second-order valence-corrected chi connectivity index (χ2v) is 6.84. The number of hydrogen-bond donors (Lipinski definition) is 1. The Morgan fingerprint density at radius 3 is 2.32 bits per heavy atom. The van der Waals surface area contributed by atoms with Crippen molar-refractivity contribution < 1.29 is 8.42 Å². The van der Waals surface area contributed by atoms with Crippen LogP contribution in [0.15, 0.2) is 29.2 Å². The van der Waals surface area contributed by atoms with E-state index in [0.717, 1.165) is 31.5 Å². The molecule has 104 valence electrons.